The zero-order valence-corrected chi connectivity index (χ0v) is 9.69. The van der Waals surface area contributed by atoms with Crippen LogP contribution in [0.5, 0.6) is 0 Å². The first-order valence-electron chi connectivity index (χ1n) is 5.51. The Morgan fingerprint density at radius 1 is 1.53 bits per heavy atom. The van der Waals surface area contributed by atoms with E-state index in [-0.39, 0.29) is 5.91 Å². The van der Waals surface area contributed by atoms with Crippen LogP contribution in [-0.2, 0) is 4.74 Å². The van der Waals surface area contributed by atoms with Crippen molar-refractivity contribution in [2.75, 3.05) is 20.3 Å². The molecule has 17 heavy (non-hydrogen) atoms. The van der Waals surface area contributed by atoms with E-state index < -0.39 is 0 Å². The Kier molecular flexibility index (Phi) is 3.72. The number of rotatable bonds is 5. The highest BCUT2D eigenvalue weighted by Crippen LogP contribution is 2.12. The third-order valence-electron chi connectivity index (χ3n) is 2.51. The van der Waals surface area contributed by atoms with Crippen molar-refractivity contribution in [3.63, 3.8) is 0 Å². The van der Waals surface area contributed by atoms with Crippen LogP contribution in [0.15, 0.2) is 24.4 Å². The Morgan fingerprint density at radius 2 is 2.41 bits per heavy atom. The number of benzene rings is 1. The molecule has 0 spiro atoms. The van der Waals surface area contributed by atoms with Gasteiger partial charge in [-0.25, -0.2) is 0 Å². The fourth-order valence-corrected chi connectivity index (χ4v) is 1.60. The first-order chi connectivity index (χ1) is 8.31. The second kappa shape index (κ2) is 5.45. The molecule has 1 aromatic carbocycles. The largest absolute Gasteiger partial charge is 0.385 e. The topological polar surface area (TPSA) is 67.0 Å². The van der Waals surface area contributed by atoms with E-state index in [0.29, 0.717) is 18.7 Å². The molecule has 2 rings (SSSR count). The Balaban J connectivity index is 1.98. The van der Waals surface area contributed by atoms with Gasteiger partial charge in [0, 0.05) is 31.2 Å². The van der Waals surface area contributed by atoms with Crippen molar-refractivity contribution in [3.8, 4) is 0 Å². The van der Waals surface area contributed by atoms with Gasteiger partial charge in [0.25, 0.3) is 5.91 Å². The molecular formula is C12H15N3O2. The molecule has 1 heterocycles. The second-order valence-corrected chi connectivity index (χ2v) is 3.77. The van der Waals surface area contributed by atoms with E-state index in [4.69, 9.17) is 4.74 Å². The minimum atomic E-state index is -0.0656. The number of H-pyrrole nitrogens is 1. The third-order valence-corrected chi connectivity index (χ3v) is 2.51. The van der Waals surface area contributed by atoms with E-state index in [1.54, 1.807) is 19.4 Å². The zero-order valence-electron chi connectivity index (χ0n) is 9.69. The van der Waals surface area contributed by atoms with Gasteiger partial charge in [-0.3, -0.25) is 9.89 Å². The molecule has 0 atom stereocenters. The van der Waals surface area contributed by atoms with Gasteiger partial charge in [0.2, 0.25) is 0 Å². The molecule has 0 unspecified atom stereocenters. The first-order valence-corrected chi connectivity index (χ1v) is 5.51. The lowest BCUT2D eigenvalue weighted by Gasteiger charge is -2.04. The van der Waals surface area contributed by atoms with Crippen LogP contribution in [-0.4, -0.2) is 36.4 Å². The summed E-state index contributed by atoms with van der Waals surface area (Å²) < 4.78 is 4.91. The molecule has 1 amide bonds. The van der Waals surface area contributed by atoms with E-state index in [9.17, 15) is 4.79 Å². The molecule has 2 aromatic rings. The number of ether oxygens (including phenoxy) is 1. The van der Waals surface area contributed by atoms with Crippen LogP contribution in [0.1, 0.15) is 16.8 Å². The number of hydrogen-bond acceptors (Lipinski definition) is 3. The van der Waals surface area contributed by atoms with E-state index in [1.165, 1.54) is 0 Å². The van der Waals surface area contributed by atoms with Crippen LogP contribution in [0, 0.1) is 0 Å². The smallest absolute Gasteiger partial charge is 0.251 e. The number of nitrogens with one attached hydrogen (secondary N) is 2. The van der Waals surface area contributed by atoms with Crippen LogP contribution in [0.4, 0.5) is 0 Å². The monoisotopic (exact) mass is 233 g/mol. The highest BCUT2D eigenvalue weighted by molar-refractivity contribution is 5.97. The first kappa shape index (κ1) is 11.6. The van der Waals surface area contributed by atoms with Crippen molar-refractivity contribution in [1.29, 1.82) is 0 Å². The maximum absolute atomic E-state index is 11.8. The van der Waals surface area contributed by atoms with Gasteiger partial charge in [0.15, 0.2) is 0 Å². The minimum absolute atomic E-state index is 0.0656. The van der Waals surface area contributed by atoms with Gasteiger partial charge in [0.1, 0.15) is 0 Å². The van der Waals surface area contributed by atoms with Gasteiger partial charge in [-0.15, -0.1) is 0 Å². The van der Waals surface area contributed by atoms with Crippen LogP contribution in [0.3, 0.4) is 0 Å². The standard InChI is InChI=1S/C12H15N3O2/c1-17-6-2-5-13-12(16)9-3-4-11-10(7-9)8-14-15-11/h3-4,7-8H,2,5-6H2,1H3,(H,13,16)(H,14,15). The summed E-state index contributed by atoms with van der Waals surface area (Å²) in [7, 11) is 1.65. The second-order valence-electron chi connectivity index (χ2n) is 3.77. The maximum Gasteiger partial charge on any atom is 0.251 e. The highest BCUT2D eigenvalue weighted by atomic mass is 16.5. The number of nitrogens with zero attached hydrogens (tertiary/aromatic N) is 1. The molecule has 0 saturated carbocycles. The average molecular weight is 233 g/mol. The Labute approximate surface area is 99.2 Å². The summed E-state index contributed by atoms with van der Waals surface area (Å²) in [6.07, 6.45) is 2.52. The van der Waals surface area contributed by atoms with Crippen molar-refractivity contribution in [2.24, 2.45) is 0 Å². The van der Waals surface area contributed by atoms with Gasteiger partial charge >= 0.3 is 0 Å². The van der Waals surface area contributed by atoms with Crippen molar-refractivity contribution in [3.05, 3.63) is 30.0 Å². The summed E-state index contributed by atoms with van der Waals surface area (Å²) in [6, 6.07) is 5.46. The fourth-order valence-electron chi connectivity index (χ4n) is 1.60. The normalized spacial score (nSPS) is 10.6. The third kappa shape index (κ3) is 2.82. The van der Waals surface area contributed by atoms with E-state index >= 15 is 0 Å². The van der Waals surface area contributed by atoms with Gasteiger partial charge in [-0.2, -0.15) is 5.10 Å². The van der Waals surface area contributed by atoms with Gasteiger partial charge < -0.3 is 10.1 Å². The number of hydrogen-bond donors (Lipinski definition) is 2. The van der Waals surface area contributed by atoms with E-state index in [1.807, 2.05) is 12.1 Å². The number of amides is 1. The summed E-state index contributed by atoms with van der Waals surface area (Å²) in [6.45, 7) is 1.27. The maximum atomic E-state index is 11.8. The van der Waals surface area contributed by atoms with Crippen molar-refractivity contribution in [2.45, 2.75) is 6.42 Å². The lowest BCUT2D eigenvalue weighted by molar-refractivity contribution is 0.0949. The van der Waals surface area contributed by atoms with Gasteiger partial charge in [-0.05, 0) is 24.6 Å². The number of aromatic amines is 1. The Hall–Kier alpha value is -1.88. The van der Waals surface area contributed by atoms with Crippen LogP contribution < -0.4 is 5.32 Å². The number of fused-ring (bicyclic) bond motifs is 1. The summed E-state index contributed by atoms with van der Waals surface area (Å²) in [4.78, 5) is 11.8. The minimum Gasteiger partial charge on any atom is -0.385 e. The average Bonchev–Trinajstić information content (AvgIpc) is 2.81. The summed E-state index contributed by atoms with van der Waals surface area (Å²) in [5.74, 6) is -0.0656. The molecule has 2 N–H and O–H groups in total. The molecule has 0 bridgehead atoms. The lowest BCUT2D eigenvalue weighted by atomic mass is 10.1. The molecule has 0 radical (unpaired) electrons. The van der Waals surface area contributed by atoms with Crippen LogP contribution in [0.2, 0.25) is 0 Å². The molecule has 0 saturated heterocycles. The predicted octanol–water partition coefficient (Wildman–Crippen LogP) is 1.33. The molecule has 1 aromatic heterocycles. The Morgan fingerprint density at radius 3 is 3.24 bits per heavy atom. The van der Waals surface area contributed by atoms with Crippen LogP contribution in [0.25, 0.3) is 10.9 Å². The summed E-state index contributed by atoms with van der Waals surface area (Å²) in [5, 5.41) is 10.5. The highest BCUT2D eigenvalue weighted by Gasteiger charge is 2.06. The fraction of sp³-hybridized carbons (Fsp3) is 0.333. The molecule has 0 aliphatic heterocycles. The van der Waals surface area contributed by atoms with Gasteiger partial charge in [0.05, 0.1) is 11.7 Å². The molecule has 5 nitrogen and oxygen atoms in total. The SMILES string of the molecule is COCCCNC(=O)c1ccc2[nH]ncc2c1. The molecule has 5 heteroatoms. The molecule has 0 aliphatic carbocycles. The van der Waals surface area contributed by atoms with Crippen molar-refractivity contribution in [1.82, 2.24) is 15.5 Å². The Bertz CT molecular complexity index is 507. The quantitative estimate of drug-likeness (QED) is 0.765. The predicted molar refractivity (Wildman–Crippen MR) is 64.9 cm³/mol. The molecular weight excluding hydrogens is 218 g/mol. The molecule has 0 aliphatic rings. The van der Waals surface area contributed by atoms with E-state index in [2.05, 4.69) is 15.5 Å². The lowest BCUT2D eigenvalue weighted by Crippen LogP contribution is -2.25. The number of aromatic nitrogens is 2. The number of methoxy groups -OCH3 is 1. The van der Waals surface area contributed by atoms with Crippen molar-refractivity contribution < 1.29 is 9.53 Å². The summed E-state index contributed by atoms with van der Waals surface area (Å²) in [5.41, 5.74) is 1.58. The molecule has 90 valence electrons. The number of carbonyl (C=O) groups is 1. The zero-order chi connectivity index (χ0) is 12.1. The van der Waals surface area contributed by atoms with Gasteiger partial charge in [-0.1, -0.05) is 0 Å². The summed E-state index contributed by atoms with van der Waals surface area (Å²) >= 11 is 0. The molecule has 0 fully saturated rings. The van der Waals surface area contributed by atoms with Crippen molar-refractivity contribution >= 4 is 16.8 Å². The van der Waals surface area contributed by atoms with Crippen LogP contribution >= 0.6 is 0 Å². The number of carbonyl (C=O) groups excluding carboxylic acids is 1. The van der Waals surface area contributed by atoms with E-state index in [0.717, 1.165) is 17.3 Å².